The molecule has 1 fully saturated rings. The van der Waals surface area contributed by atoms with E-state index in [-0.39, 0.29) is 5.91 Å². The summed E-state index contributed by atoms with van der Waals surface area (Å²) in [6.45, 7) is 3.91. The van der Waals surface area contributed by atoms with Gasteiger partial charge in [-0.1, -0.05) is 0 Å². The van der Waals surface area contributed by atoms with Gasteiger partial charge in [0, 0.05) is 57.9 Å². The molecule has 0 atom stereocenters. The van der Waals surface area contributed by atoms with Crippen LogP contribution < -0.4 is 5.32 Å². The van der Waals surface area contributed by atoms with Gasteiger partial charge < -0.3 is 15.2 Å². The molecule has 128 valence electrons. The number of benzene rings is 1. The summed E-state index contributed by atoms with van der Waals surface area (Å²) in [5.74, 6) is 0.120. The molecule has 0 unspecified atom stereocenters. The molecule has 1 amide bonds. The smallest absolute Gasteiger partial charge is 0.246 e. The minimum absolute atomic E-state index is 0.120. The van der Waals surface area contributed by atoms with E-state index in [1.807, 2.05) is 17.2 Å². The minimum atomic E-state index is 0.120. The van der Waals surface area contributed by atoms with E-state index in [0.29, 0.717) is 0 Å². The van der Waals surface area contributed by atoms with Crippen molar-refractivity contribution in [3.05, 3.63) is 52.4 Å². The van der Waals surface area contributed by atoms with Gasteiger partial charge in [0.25, 0.3) is 0 Å². The first kappa shape index (κ1) is 16.0. The van der Waals surface area contributed by atoms with E-state index in [2.05, 4.69) is 46.9 Å². The van der Waals surface area contributed by atoms with Crippen molar-refractivity contribution in [1.29, 1.82) is 0 Å². The summed E-state index contributed by atoms with van der Waals surface area (Å²) in [7, 11) is 0. The fourth-order valence-electron chi connectivity index (χ4n) is 3.28. The zero-order chi connectivity index (χ0) is 17.2. The van der Waals surface area contributed by atoms with E-state index in [9.17, 15) is 4.79 Å². The quantitative estimate of drug-likeness (QED) is 0.656. The first-order chi connectivity index (χ1) is 12.2. The van der Waals surface area contributed by atoms with Gasteiger partial charge in [0.1, 0.15) is 0 Å². The Morgan fingerprint density at radius 2 is 2.12 bits per heavy atom. The van der Waals surface area contributed by atoms with Gasteiger partial charge in [-0.2, -0.15) is 0 Å². The molecule has 5 heteroatoms. The Morgan fingerprint density at radius 1 is 1.28 bits per heavy atom. The maximum absolute atomic E-state index is 12.1. The van der Waals surface area contributed by atoms with Crippen molar-refractivity contribution in [2.45, 2.75) is 19.8 Å². The zero-order valence-electron chi connectivity index (χ0n) is 14.2. The average molecular weight is 351 g/mol. The number of hydrogen-bond acceptors (Lipinski definition) is 3. The molecular formula is C20H21N3OS. The zero-order valence-corrected chi connectivity index (χ0v) is 15.0. The molecule has 3 aromatic rings. The van der Waals surface area contributed by atoms with Crippen LogP contribution in [-0.2, 0) is 4.79 Å². The molecule has 0 saturated carbocycles. The predicted octanol–water partition coefficient (Wildman–Crippen LogP) is 4.92. The molecule has 3 heterocycles. The molecule has 0 radical (unpaired) electrons. The number of aromatic amines is 1. The van der Waals surface area contributed by atoms with Crippen LogP contribution in [0.25, 0.3) is 17.0 Å². The van der Waals surface area contributed by atoms with Crippen LogP contribution in [0.2, 0.25) is 0 Å². The van der Waals surface area contributed by atoms with Crippen LogP contribution >= 0.6 is 11.3 Å². The van der Waals surface area contributed by atoms with Crippen molar-refractivity contribution in [3.8, 4) is 0 Å². The Morgan fingerprint density at radius 3 is 2.96 bits per heavy atom. The Balaban J connectivity index is 1.47. The van der Waals surface area contributed by atoms with Crippen LogP contribution in [0.1, 0.15) is 23.3 Å². The highest BCUT2D eigenvalue weighted by Crippen LogP contribution is 2.29. The second-order valence-electron chi connectivity index (χ2n) is 6.41. The van der Waals surface area contributed by atoms with Crippen LogP contribution in [0.4, 0.5) is 11.4 Å². The van der Waals surface area contributed by atoms with Crippen LogP contribution in [0.5, 0.6) is 0 Å². The van der Waals surface area contributed by atoms with Gasteiger partial charge in [0.05, 0.1) is 0 Å². The molecule has 0 aliphatic carbocycles. The first-order valence-electron chi connectivity index (χ1n) is 8.60. The topological polar surface area (TPSA) is 48.1 Å². The van der Waals surface area contributed by atoms with Crippen molar-refractivity contribution >= 4 is 45.6 Å². The largest absolute Gasteiger partial charge is 0.361 e. The van der Waals surface area contributed by atoms with E-state index < -0.39 is 0 Å². The number of anilines is 2. The van der Waals surface area contributed by atoms with E-state index in [0.717, 1.165) is 47.7 Å². The maximum atomic E-state index is 12.1. The van der Waals surface area contributed by atoms with E-state index in [1.54, 1.807) is 17.4 Å². The van der Waals surface area contributed by atoms with Gasteiger partial charge in [-0.25, -0.2) is 0 Å². The molecule has 1 aliphatic rings. The van der Waals surface area contributed by atoms with Crippen LogP contribution in [0.3, 0.4) is 0 Å². The molecule has 0 bridgehead atoms. The second-order valence-corrected chi connectivity index (χ2v) is 7.35. The number of aromatic nitrogens is 1. The van der Waals surface area contributed by atoms with Gasteiger partial charge in [0.15, 0.2) is 0 Å². The number of aryl methyl sites for hydroxylation is 1. The summed E-state index contributed by atoms with van der Waals surface area (Å²) in [6.07, 6.45) is 7.82. The molecule has 0 spiro atoms. The number of nitrogens with zero attached hydrogens (tertiary/aromatic N) is 1. The molecule has 4 nitrogen and oxygen atoms in total. The highest BCUT2D eigenvalue weighted by molar-refractivity contribution is 7.11. The summed E-state index contributed by atoms with van der Waals surface area (Å²) < 4.78 is 0. The lowest BCUT2D eigenvalue weighted by atomic mass is 10.1. The Labute approximate surface area is 151 Å². The molecule has 2 N–H and O–H groups in total. The second kappa shape index (κ2) is 6.76. The van der Waals surface area contributed by atoms with E-state index >= 15 is 0 Å². The third-order valence-corrected chi connectivity index (χ3v) is 5.61. The number of likely N-dealkylation sites (tertiary alicyclic amines) is 1. The van der Waals surface area contributed by atoms with Crippen LogP contribution in [0.15, 0.2) is 41.9 Å². The number of hydrogen-bond donors (Lipinski definition) is 2. The fraction of sp³-hybridized carbons (Fsp3) is 0.250. The van der Waals surface area contributed by atoms with E-state index in [1.165, 1.54) is 10.9 Å². The normalized spacial score (nSPS) is 14.7. The Kier molecular flexibility index (Phi) is 4.32. The SMILES string of the molecule is Cc1c(Nc2csc(/C=C/C(=O)N3CCCC3)c2)ccc2[nH]ccc12. The Bertz CT molecular complexity index is 931. The Hall–Kier alpha value is -2.53. The number of amides is 1. The third-order valence-electron chi connectivity index (χ3n) is 4.71. The number of H-pyrrole nitrogens is 1. The highest BCUT2D eigenvalue weighted by atomic mass is 32.1. The van der Waals surface area contributed by atoms with Gasteiger partial charge in [-0.3, -0.25) is 4.79 Å². The number of fused-ring (bicyclic) bond motifs is 1. The van der Waals surface area contributed by atoms with Crippen molar-refractivity contribution in [1.82, 2.24) is 9.88 Å². The lowest BCUT2D eigenvalue weighted by Gasteiger charge is -2.11. The standard InChI is InChI=1S/C20H21N3OS/c1-14-17-8-9-21-19(17)6-5-18(14)22-15-12-16(25-13-15)4-7-20(24)23-10-2-3-11-23/h4-9,12-13,21-22H,2-3,10-11H2,1H3/b7-4+. The number of rotatable bonds is 4. The van der Waals surface area contributed by atoms with Crippen molar-refractivity contribution in [2.75, 3.05) is 18.4 Å². The molecular weight excluding hydrogens is 330 g/mol. The predicted molar refractivity (Wildman–Crippen MR) is 105 cm³/mol. The van der Waals surface area contributed by atoms with Crippen LogP contribution in [-0.4, -0.2) is 28.9 Å². The third kappa shape index (κ3) is 3.33. The molecule has 1 aromatic carbocycles. The summed E-state index contributed by atoms with van der Waals surface area (Å²) in [4.78, 5) is 18.3. The van der Waals surface area contributed by atoms with Crippen LogP contribution in [0, 0.1) is 6.92 Å². The summed E-state index contributed by atoms with van der Waals surface area (Å²) in [5.41, 5.74) is 4.54. The fourth-order valence-corrected chi connectivity index (χ4v) is 4.01. The lowest BCUT2D eigenvalue weighted by Crippen LogP contribution is -2.25. The maximum Gasteiger partial charge on any atom is 0.246 e. The van der Waals surface area contributed by atoms with Gasteiger partial charge in [-0.15, -0.1) is 11.3 Å². The summed E-state index contributed by atoms with van der Waals surface area (Å²) >= 11 is 1.64. The molecule has 1 aliphatic heterocycles. The average Bonchev–Trinajstić information content (AvgIpc) is 3.37. The highest BCUT2D eigenvalue weighted by Gasteiger charge is 2.15. The van der Waals surface area contributed by atoms with Crippen molar-refractivity contribution in [3.63, 3.8) is 0 Å². The van der Waals surface area contributed by atoms with E-state index in [4.69, 9.17) is 0 Å². The number of nitrogens with one attached hydrogen (secondary N) is 2. The number of carbonyl (C=O) groups is 1. The van der Waals surface area contributed by atoms with Crippen molar-refractivity contribution < 1.29 is 4.79 Å². The minimum Gasteiger partial charge on any atom is -0.361 e. The number of thiophene rings is 1. The molecule has 25 heavy (non-hydrogen) atoms. The number of carbonyl (C=O) groups excluding carboxylic acids is 1. The molecule has 2 aromatic heterocycles. The molecule has 4 rings (SSSR count). The first-order valence-corrected chi connectivity index (χ1v) is 9.48. The summed E-state index contributed by atoms with van der Waals surface area (Å²) in [6, 6.07) is 8.37. The van der Waals surface area contributed by atoms with Gasteiger partial charge in [-0.05, 0) is 55.7 Å². The van der Waals surface area contributed by atoms with Gasteiger partial charge >= 0.3 is 0 Å². The lowest BCUT2D eigenvalue weighted by molar-refractivity contribution is -0.124. The molecule has 1 saturated heterocycles. The van der Waals surface area contributed by atoms with Gasteiger partial charge in [0.2, 0.25) is 5.91 Å². The summed E-state index contributed by atoms with van der Waals surface area (Å²) in [5, 5.41) is 6.80. The monoisotopic (exact) mass is 351 g/mol. The van der Waals surface area contributed by atoms with Crippen molar-refractivity contribution in [2.24, 2.45) is 0 Å².